The van der Waals surface area contributed by atoms with E-state index in [4.69, 9.17) is 0 Å². The third kappa shape index (κ3) is 8.12. The van der Waals surface area contributed by atoms with E-state index in [2.05, 4.69) is 26.0 Å². The van der Waals surface area contributed by atoms with Crippen molar-refractivity contribution in [2.24, 2.45) is 11.8 Å². The standard InChI is InChI=1S/C20H38/c1-3-5-7-9-10-12-16-20-18-14-13-17-19(20)15-11-8-6-4-2/h13-14,19-20H,3-12,15-18H2,1-2H3. The van der Waals surface area contributed by atoms with E-state index in [0.717, 1.165) is 11.8 Å². The van der Waals surface area contributed by atoms with Gasteiger partial charge < -0.3 is 0 Å². The lowest BCUT2D eigenvalue weighted by Gasteiger charge is -2.28. The molecular formula is C20H38. The van der Waals surface area contributed by atoms with Crippen molar-refractivity contribution in [3.8, 4) is 0 Å². The largest absolute Gasteiger partial charge is 0.0882 e. The normalized spacial score (nSPS) is 22.3. The van der Waals surface area contributed by atoms with Gasteiger partial charge in [-0.25, -0.2) is 0 Å². The van der Waals surface area contributed by atoms with Crippen LogP contribution in [0.5, 0.6) is 0 Å². The topological polar surface area (TPSA) is 0 Å². The fourth-order valence-corrected chi connectivity index (χ4v) is 3.65. The number of unbranched alkanes of at least 4 members (excludes halogenated alkanes) is 8. The summed E-state index contributed by atoms with van der Waals surface area (Å²) in [4.78, 5) is 0. The SMILES string of the molecule is CCCCCCCCC1CC=CCC1CCCCCC. The predicted octanol–water partition coefficient (Wildman–Crippen LogP) is 7.29. The maximum atomic E-state index is 2.45. The molecule has 0 bridgehead atoms. The van der Waals surface area contributed by atoms with Crippen molar-refractivity contribution < 1.29 is 0 Å². The minimum Gasteiger partial charge on any atom is -0.0882 e. The molecule has 0 amide bonds. The van der Waals surface area contributed by atoms with Crippen LogP contribution in [0.2, 0.25) is 0 Å². The van der Waals surface area contributed by atoms with E-state index in [0.29, 0.717) is 0 Å². The van der Waals surface area contributed by atoms with Crippen molar-refractivity contribution >= 4 is 0 Å². The molecular weight excluding hydrogens is 240 g/mol. The van der Waals surface area contributed by atoms with Crippen molar-refractivity contribution in [1.82, 2.24) is 0 Å². The monoisotopic (exact) mass is 278 g/mol. The highest BCUT2D eigenvalue weighted by Gasteiger charge is 2.21. The Morgan fingerprint density at radius 3 is 1.50 bits per heavy atom. The van der Waals surface area contributed by atoms with E-state index in [1.54, 1.807) is 0 Å². The molecule has 0 saturated carbocycles. The van der Waals surface area contributed by atoms with E-state index in [9.17, 15) is 0 Å². The summed E-state index contributed by atoms with van der Waals surface area (Å²) in [6.45, 7) is 4.61. The van der Waals surface area contributed by atoms with Crippen LogP contribution >= 0.6 is 0 Å². The second-order valence-electron chi connectivity index (χ2n) is 6.87. The third-order valence-electron chi connectivity index (χ3n) is 5.07. The van der Waals surface area contributed by atoms with E-state index < -0.39 is 0 Å². The summed E-state index contributed by atoms with van der Waals surface area (Å²) >= 11 is 0. The van der Waals surface area contributed by atoms with E-state index in [1.165, 1.54) is 89.9 Å². The fourth-order valence-electron chi connectivity index (χ4n) is 3.65. The summed E-state index contributed by atoms with van der Waals surface area (Å²) in [5, 5.41) is 0. The van der Waals surface area contributed by atoms with Crippen LogP contribution in [-0.4, -0.2) is 0 Å². The summed E-state index contributed by atoms with van der Waals surface area (Å²) in [7, 11) is 0. The first-order valence-electron chi connectivity index (χ1n) is 9.53. The first-order chi connectivity index (χ1) is 9.88. The first-order valence-corrected chi connectivity index (χ1v) is 9.53. The second kappa shape index (κ2) is 12.5. The molecule has 1 aliphatic rings. The van der Waals surface area contributed by atoms with Gasteiger partial charge in [0, 0.05) is 0 Å². The molecule has 0 spiro atoms. The molecule has 0 radical (unpaired) electrons. The lowest BCUT2D eigenvalue weighted by Crippen LogP contribution is -2.17. The van der Waals surface area contributed by atoms with Gasteiger partial charge in [0.1, 0.15) is 0 Å². The quantitative estimate of drug-likeness (QED) is 0.260. The van der Waals surface area contributed by atoms with E-state index in [1.807, 2.05) is 0 Å². The van der Waals surface area contributed by atoms with Gasteiger partial charge in [0.15, 0.2) is 0 Å². The van der Waals surface area contributed by atoms with Crippen LogP contribution in [0.15, 0.2) is 12.2 Å². The molecule has 1 rings (SSSR count). The summed E-state index contributed by atoms with van der Waals surface area (Å²) in [5.41, 5.74) is 0. The van der Waals surface area contributed by atoms with Crippen molar-refractivity contribution in [3.05, 3.63) is 12.2 Å². The average Bonchev–Trinajstić information content (AvgIpc) is 2.48. The Kier molecular flexibility index (Phi) is 11.1. The fraction of sp³-hybridized carbons (Fsp3) is 0.900. The van der Waals surface area contributed by atoms with Crippen molar-refractivity contribution in [2.45, 2.75) is 104 Å². The lowest BCUT2D eigenvalue weighted by molar-refractivity contribution is 0.271. The van der Waals surface area contributed by atoms with Gasteiger partial charge in [0.2, 0.25) is 0 Å². The van der Waals surface area contributed by atoms with Crippen molar-refractivity contribution in [2.75, 3.05) is 0 Å². The maximum absolute atomic E-state index is 2.45. The molecule has 118 valence electrons. The molecule has 0 aliphatic heterocycles. The molecule has 0 heterocycles. The zero-order valence-corrected chi connectivity index (χ0v) is 14.2. The van der Waals surface area contributed by atoms with Crippen LogP contribution in [0.1, 0.15) is 104 Å². The highest BCUT2D eigenvalue weighted by molar-refractivity contribution is 4.94. The van der Waals surface area contributed by atoms with Crippen LogP contribution in [0, 0.1) is 11.8 Å². The van der Waals surface area contributed by atoms with Gasteiger partial charge in [0.05, 0.1) is 0 Å². The molecule has 1 aliphatic carbocycles. The Morgan fingerprint density at radius 2 is 1.00 bits per heavy atom. The molecule has 2 unspecified atom stereocenters. The molecule has 2 atom stereocenters. The number of rotatable bonds is 12. The predicted molar refractivity (Wildman–Crippen MR) is 92.1 cm³/mol. The molecule has 0 N–H and O–H groups in total. The van der Waals surface area contributed by atoms with Gasteiger partial charge in [-0.15, -0.1) is 0 Å². The third-order valence-corrected chi connectivity index (χ3v) is 5.07. The Bertz CT molecular complexity index is 228. The molecule has 0 heteroatoms. The van der Waals surface area contributed by atoms with Crippen LogP contribution < -0.4 is 0 Å². The zero-order valence-electron chi connectivity index (χ0n) is 14.2. The van der Waals surface area contributed by atoms with Crippen molar-refractivity contribution in [3.63, 3.8) is 0 Å². The zero-order chi connectivity index (χ0) is 14.5. The highest BCUT2D eigenvalue weighted by Crippen LogP contribution is 2.33. The van der Waals surface area contributed by atoms with Crippen molar-refractivity contribution in [1.29, 1.82) is 0 Å². The van der Waals surface area contributed by atoms with Crippen LogP contribution in [0.25, 0.3) is 0 Å². The number of hydrogen-bond donors (Lipinski definition) is 0. The first kappa shape index (κ1) is 17.8. The maximum Gasteiger partial charge on any atom is -0.0319 e. The van der Waals surface area contributed by atoms with Crippen LogP contribution in [-0.2, 0) is 0 Å². The van der Waals surface area contributed by atoms with Gasteiger partial charge in [-0.2, -0.15) is 0 Å². The van der Waals surface area contributed by atoms with Crippen LogP contribution in [0.4, 0.5) is 0 Å². The van der Waals surface area contributed by atoms with Gasteiger partial charge in [-0.05, 0) is 37.5 Å². The second-order valence-corrected chi connectivity index (χ2v) is 6.87. The van der Waals surface area contributed by atoms with Gasteiger partial charge in [-0.3, -0.25) is 0 Å². The van der Waals surface area contributed by atoms with Gasteiger partial charge >= 0.3 is 0 Å². The molecule has 0 aromatic heterocycles. The van der Waals surface area contributed by atoms with E-state index >= 15 is 0 Å². The summed E-state index contributed by atoms with van der Waals surface area (Å²) in [5.74, 6) is 2.01. The minimum atomic E-state index is 1.01. The molecule has 0 aromatic carbocycles. The Hall–Kier alpha value is -0.260. The molecule has 0 saturated heterocycles. The Labute approximate surface area is 128 Å². The minimum absolute atomic E-state index is 1.01. The summed E-state index contributed by atoms with van der Waals surface area (Å²) in [6, 6.07) is 0. The molecule has 0 fully saturated rings. The smallest absolute Gasteiger partial charge is 0.0319 e. The van der Waals surface area contributed by atoms with Gasteiger partial charge in [-0.1, -0.05) is 90.2 Å². The Balaban J connectivity index is 2.11. The Morgan fingerprint density at radius 1 is 0.600 bits per heavy atom. The van der Waals surface area contributed by atoms with E-state index in [-0.39, 0.29) is 0 Å². The number of hydrogen-bond acceptors (Lipinski definition) is 0. The highest BCUT2D eigenvalue weighted by atomic mass is 14.3. The summed E-state index contributed by atoms with van der Waals surface area (Å²) in [6.07, 6.45) is 25.0. The summed E-state index contributed by atoms with van der Waals surface area (Å²) < 4.78 is 0. The molecule has 0 nitrogen and oxygen atoms in total. The lowest BCUT2D eigenvalue weighted by atomic mass is 9.77. The van der Waals surface area contributed by atoms with Gasteiger partial charge in [0.25, 0.3) is 0 Å². The molecule has 20 heavy (non-hydrogen) atoms. The molecule has 0 aromatic rings. The van der Waals surface area contributed by atoms with Crippen LogP contribution in [0.3, 0.4) is 0 Å². The number of allylic oxidation sites excluding steroid dienone is 2. The average molecular weight is 279 g/mol.